The predicted octanol–water partition coefficient (Wildman–Crippen LogP) is 5.18. The van der Waals surface area contributed by atoms with Crippen molar-refractivity contribution in [3.8, 4) is 11.8 Å². The molecule has 2 heterocycles. The lowest BCUT2D eigenvalue weighted by molar-refractivity contribution is -0.136. The molecule has 1 unspecified atom stereocenters. The van der Waals surface area contributed by atoms with Crippen LogP contribution in [0.3, 0.4) is 0 Å². The van der Waals surface area contributed by atoms with Gasteiger partial charge >= 0.3 is 5.97 Å². The number of nitrogens with zero attached hydrogens (tertiary/aromatic N) is 3. The first kappa shape index (κ1) is 23.1. The predicted molar refractivity (Wildman–Crippen MR) is 140 cm³/mol. The summed E-state index contributed by atoms with van der Waals surface area (Å²) in [4.78, 5) is 14.6. The van der Waals surface area contributed by atoms with Crippen LogP contribution in [0.2, 0.25) is 0 Å². The van der Waals surface area contributed by atoms with Crippen LogP contribution < -0.4 is 15.4 Å². The van der Waals surface area contributed by atoms with Gasteiger partial charge in [-0.1, -0.05) is 30.3 Å². The highest BCUT2D eigenvalue weighted by Crippen LogP contribution is 2.41. The molecule has 180 valence electrons. The van der Waals surface area contributed by atoms with Crippen LogP contribution in [0.4, 0.5) is 5.69 Å². The number of allylic oxidation sites excluding steroid dienone is 1. The average molecular weight is 479 g/mol. The van der Waals surface area contributed by atoms with Gasteiger partial charge in [-0.05, 0) is 48.9 Å². The first-order valence-corrected chi connectivity index (χ1v) is 11.7. The Morgan fingerprint density at radius 1 is 1.03 bits per heavy atom. The van der Waals surface area contributed by atoms with Gasteiger partial charge in [0.15, 0.2) is 0 Å². The second-order valence-electron chi connectivity index (χ2n) is 8.53. The van der Waals surface area contributed by atoms with Gasteiger partial charge in [-0.15, -0.1) is 0 Å². The van der Waals surface area contributed by atoms with E-state index in [4.69, 9.17) is 15.2 Å². The van der Waals surface area contributed by atoms with E-state index in [-0.39, 0.29) is 11.4 Å². The summed E-state index contributed by atoms with van der Waals surface area (Å²) >= 11 is 0. The van der Waals surface area contributed by atoms with Gasteiger partial charge in [-0.25, -0.2) is 4.79 Å². The highest BCUT2D eigenvalue weighted by Gasteiger charge is 2.35. The van der Waals surface area contributed by atoms with Gasteiger partial charge in [0, 0.05) is 40.2 Å². The number of anilines is 1. The molecule has 1 aliphatic rings. The Balaban J connectivity index is 1.69. The van der Waals surface area contributed by atoms with Gasteiger partial charge in [0.1, 0.15) is 11.6 Å². The van der Waals surface area contributed by atoms with Crippen LogP contribution in [0.15, 0.2) is 89.9 Å². The Hall–Kier alpha value is -4.70. The average Bonchev–Trinajstić information content (AvgIpc) is 3.25. The molecular weight excluding hydrogens is 452 g/mol. The van der Waals surface area contributed by atoms with E-state index in [1.165, 1.54) is 7.11 Å². The molecule has 0 saturated heterocycles. The molecule has 0 radical (unpaired) electrons. The summed E-state index contributed by atoms with van der Waals surface area (Å²) in [5.74, 6) is -0.237. The third-order valence-electron chi connectivity index (χ3n) is 6.74. The fourth-order valence-electron chi connectivity index (χ4n) is 5.01. The summed E-state index contributed by atoms with van der Waals surface area (Å²) in [6.07, 6.45) is 1.68. The number of para-hydroxylation sites is 1. The van der Waals surface area contributed by atoms with Crippen LogP contribution in [-0.4, -0.2) is 24.8 Å². The minimum atomic E-state index is -0.657. The molecule has 0 aliphatic carbocycles. The second kappa shape index (κ2) is 9.16. The Kier molecular flexibility index (Phi) is 5.87. The first-order valence-electron chi connectivity index (χ1n) is 11.7. The number of methoxy groups -OCH3 is 2. The number of hydrogen-bond acceptors (Lipinski definition) is 6. The lowest BCUT2D eigenvalue weighted by Gasteiger charge is -2.32. The Bertz CT molecular complexity index is 1590. The number of benzene rings is 3. The molecule has 7 nitrogen and oxygen atoms in total. The summed E-state index contributed by atoms with van der Waals surface area (Å²) in [7, 11) is 2.92. The van der Waals surface area contributed by atoms with Crippen LogP contribution in [-0.2, 0) is 16.1 Å². The molecular formula is C29H26N4O3. The van der Waals surface area contributed by atoms with Crippen molar-refractivity contribution in [2.45, 2.75) is 19.4 Å². The molecule has 36 heavy (non-hydrogen) atoms. The lowest BCUT2D eigenvalue weighted by Crippen LogP contribution is -2.33. The molecule has 2 N–H and O–H groups in total. The largest absolute Gasteiger partial charge is 0.497 e. The maximum atomic E-state index is 12.9. The van der Waals surface area contributed by atoms with Crippen molar-refractivity contribution in [1.82, 2.24) is 4.57 Å². The number of aryl methyl sites for hydroxylation is 1. The van der Waals surface area contributed by atoms with E-state index in [9.17, 15) is 10.1 Å². The zero-order chi connectivity index (χ0) is 25.4. The Labute approximate surface area is 209 Å². The van der Waals surface area contributed by atoms with E-state index in [2.05, 4.69) is 35.8 Å². The van der Waals surface area contributed by atoms with Gasteiger partial charge < -0.3 is 24.7 Å². The van der Waals surface area contributed by atoms with E-state index in [0.717, 1.165) is 39.6 Å². The first-order chi connectivity index (χ1) is 17.5. The Morgan fingerprint density at radius 3 is 2.42 bits per heavy atom. The van der Waals surface area contributed by atoms with Crippen LogP contribution in [0.5, 0.6) is 5.75 Å². The van der Waals surface area contributed by atoms with E-state index in [1.54, 1.807) is 30.3 Å². The molecule has 7 heteroatoms. The maximum absolute atomic E-state index is 12.9. The van der Waals surface area contributed by atoms with Gasteiger partial charge in [0.25, 0.3) is 0 Å². The quantitative estimate of drug-likeness (QED) is 0.398. The lowest BCUT2D eigenvalue weighted by atomic mass is 9.83. The highest BCUT2D eigenvalue weighted by atomic mass is 16.5. The minimum absolute atomic E-state index is 0.268. The zero-order valence-corrected chi connectivity index (χ0v) is 20.4. The third kappa shape index (κ3) is 3.55. The highest BCUT2D eigenvalue weighted by molar-refractivity contribution is 6.09. The van der Waals surface area contributed by atoms with Crippen molar-refractivity contribution in [3.63, 3.8) is 0 Å². The summed E-state index contributed by atoms with van der Waals surface area (Å²) in [5, 5.41) is 12.4. The molecule has 0 fully saturated rings. The van der Waals surface area contributed by atoms with Crippen molar-refractivity contribution < 1.29 is 14.3 Å². The molecule has 0 spiro atoms. The zero-order valence-electron chi connectivity index (χ0n) is 20.4. The summed E-state index contributed by atoms with van der Waals surface area (Å²) in [6, 6.07) is 23.8. The molecule has 1 aliphatic heterocycles. The standard InChI is InChI=1S/C29H26N4O3/c1-4-32-25-8-6-5-7-21(25)22-15-19(11-14-26(22)32)33-17-24(29(34)36-3)27(23(16-30)28(33)31)18-9-12-20(35-2)13-10-18/h5-15,17,27H,4,31H2,1-3H3. The second-order valence-corrected chi connectivity index (χ2v) is 8.53. The number of carbonyl (C=O) groups excluding carboxylic acids is 1. The number of aromatic nitrogens is 1. The molecule has 0 amide bonds. The molecule has 1 aromatic heterocycles. The van der Waals surface area contributed by atoms with Gasteiger partial charge in [-0.3, -0.25) is 0 Å². The summed E-state index contributed by atoms with van der Waals surface area (Å²) in [5.41, 5.74) is 11.0. The van der Waals surface area contributed by atoms with Crippen molar-refractivity contribution in [1.29, 1.82) is 5.26 Å². The minimum Gasteiger partial charge on any atom is -0.497 e. The van der Waals surface area contributed by atoms with E-state index >= 15 is 0 Å². The number of carbonyl (C=O) groups is 1. The smallest absolute Gasteiger partial charge is 0.336 e. The molecule has 4 aromatic rings. The number of nitriles is 1. The fourth-order valence-corrected chi connectivity index (χ4v) is 5.01. The number of hydrogen-bond donors (Lipinski definition) is 1. The van der Waals surface area contributed by atoms with E-state index in [0.29, 0.717) is 11.3 Å². The molecule has 3 aromatic carbocycles. The van der Waals surface area contributed by atoms with Crippen molar-refractivity contribution >= 4 is 33.5 Å². The van der Waals surface area contributed by atoms with Crippen molar-refractivity contribution in [2.24, 2.45) is 5.73 Å². The number of rotatable bonds is 5. The Morgan fingerprint density at radius 2 is 1.75 bits per heavy atom. The third-order valence-corrected chi connectivity index (χ3v) is 6.74. The van der Waals surface area contributed by atoms with Gasteiger partial charge in [0.2, 0.25) is 0 Å². The maximum Gasteiger partial charge on any atom is 0.336 e. The fraction of sp³-hybridized carbons (Fsp3) is 0.172. The normalized spacial score (nSPS) is 15.7. The SMILES string of the molecule is CCn1c2ccccc2c2cc(N3C=C(C(=O)OC)C(c4ccc(OC)cc4)C(C#N)=C3N)ccc21. The molecule has 0 bridgehead atoms. The molecule has 1 atom stereocenters. The van der Waals surface area contributed by atoms with Crippen molar-refractivity contribution in [2.75, 3.05) is 19.1 Å². The number of ether oxygens (including phenoxy) is 2. The van der Waals surface area contributed by atoms with E-state index in [1.807, 2.05) is 36.4 Å². The molecule has 0 saturated carbocycles. The van der Waals surface area contributed by atoms with E-state index < -0.39 is 11.9 Å². The van der Waals surface area contributed by atoms with Crippen molar-refractivity contribution in [3.05, 3.63) is 95.5 Å². The van der Waals surface area contributed by atoms with Crippen LogP contribution in [0.25, 0.3) is 21.8 Å². The van der Waals surface area contributed by atoms with Gasteiger partial charge in [0.05, 0.1) is 37.4 Å². The summed E-state index contributed by atoms with van der Waals surface area (Å²) in [6.45, 7) is 2.96. The topological polar surface area (TPSA) is 93.5 Å². The van der Waals surface area contributed by atoms with Gasteiger partial charge in [-0.2, -0.15) is 5.26 Å². The van der Waals surface area contributed by atoms with Crippen LogP contribution in [0.1, 0.15) is 18.4 Å². The number of fused-ring (bicyclic) bond motifs is 3. The summed E-state index contributed by atoms with van der Waals surface area (Å²) < 4.78 is 12.6. The van der Waals surface area contributed by atoms with Crippen LogP contribution in [0, 0.1) is 11.3 Å². The van der Waals surface area contributed by atoms with Crippen LogP contribution >= 0.6 is 0 Å². The number of esters is 1. The monoisotopic (exact) mass is 478 g/mol. The molecule has 5 rings (SSSR count). The number of nitrogens with two attached hydrogens (primary N) is 1.